The molecule has 2 heterocycles. The number of terminal acetylenes is 1. The SMILES string of the molecule is C#CCOc1nc2c(-c3ccc(Cl)cc3)c(C(C)C)nn2c(=O)[nH]1. The predicted octanol–water partition coefficient (Wildman–Crippen LogP) is 2.87. The summed E-state index contributed by atoms with van der Waals surface area (Å²) in [5.74, 6) is 2.44. The highest BCUT2D eigenvalue weighted by molar-refractivity contribution is 6.30. The first kappa shape index (κ1) is 16.1. The van der Waals surface area contributed by atoms with Crippen molar-refractivity contribution in [2.24, 2.45) is 0 Å². The van der Waals surface area contributed by atoms with Crippen LogP contribution < -0.4 is 10.4 Å². The zero-order valence-electron chi connectivity index (χ0n) is 13.2. The minimum absolute atomic E-state index is 0.0145. The Balaban J connectivity index is 2.29. The molecule has 0 atom stereocenters. The van der Waals surface area contributed by atoms with E-state index in [-0.39, 0.29) is 18.5 Å². The fraction of sp³-hybridized carbons (Fsp3) is 0.235. The van der Waals surface area contributed by atoms with Gasteiger partial charge in [-0.1, -0.05) is 43.5 Å². The second-order valence-electron chi connectivity index (χ2n) is 5.50. The molecule has 0 bridgehead atoms. The third-order valence-electron chi connectivity index (χ3n) is 3.47. The Bertz CT molecular complexity index is 981. The van der Waals surface area contributed by atoms with E-state index < -0.39 is 5.69 Å². The molecule has 0 aliphatic carbocycles. The van der Waals surface area contributed by atoms with Crippen LogP contribution >= 0.6 is 11.6 Å². The van der Waals surface area contributed by atoms with Crippen molar-refractivity contribution in [2.45, 2.75) is 19.8 Å². The lowest BCUT2D eigenvalue weighted by Gasteiger charge is -2.06. The van der Waals surface area contributed by atoms with E-state index in [0.29, 0.717) is 10.7 Å². The van der Waals surface area contributed by atoms with Gasteiger partial charge in [0.15, 0.2) is 12.3 Å². The third-order valence-corrected chi connectivity index (χ3v) is 3.73. The van der Waals surface area contributed by atoms with Crippen molar-refractivity contribution in [3.05, 3.63) is 45.5 Å². The summed E-state index contributed by atoms with van der Waals surface area (Å²) >= 11 is 5.97. The molecule has 0 saturated carbocycles. The Morgan fingerprint density at radius 3 is 2.71 bits per heavy atom. The highest BCUT2D eigenvalue weighted by Crippen LogP contribution is 2.32. The molecule has 0 radical (unpaired) electrons. The van der Waals surface area contributed by atoms with Crippen LogP contribution in [-0.4, -0.2) is 26.2 Å². The molecule has 2 aromatic heterocycles. The van der Waals surface area contributed by atoms with Gasteiger partial charge in [0.05, 0.1) is 11.3 Å². The van der Waals surface area contributed by atoms with Crippen LogP contribution in [-0.2, 0) is 0 Å². The van der Waals surface area contributed by atoms with Crippen molar-refractivity contribution in [1.29, 1.82) is 0 Å². The van der Waals surface area contributed by atoms with E-state index in [2.05, 4.69) is 21.0 Å². The number of H-pyrrole nitrogens is 1. The molecule has 3 rings (SSSR count). The average Bonchev–Trinajstić information content (AvgIpc) is 2.94. The first-order valence-electron chi connectivity index (χ1n) is 7.36. The summed E-state index contributed by atoms with van der Waals surface area (Å²) in [5, 5.41) is 5.04. The molecule has 6 nitrogen and oxygen atoms in total. The molecule has 0 amide bonds. The van der Waals surface area contributed by atoms with E-state index in [1.54, 1.807) is 12.1 Å². The maximum absolute atomic E-state index is 12.3. The van der Waals surface area contributed by atoms with Gasteiger partial charge in [-0.2, -0.15) is 14.6 Å². The van der Waals surface area contributed by atoms with E-state index >= 15 is 0 Å². The third kappa shape index (κ3) is 2.86. The Morgan fingerprint density at radius 2 is 2.08 bits per heavy atom. The summed E-state index contributed by atoms with van der Waals surface area (Å²) in [6.45, 7) is 4.02. The van der Waals surface area contributed by atoms with Crippen molar-refractivity contribution in [2.75, 3.05) is 6.61 Å². The summed E-state index contributed by atoms with van der Waals surface area (Å²) < 4.78 is 6.50. The first-order chi connectivity index (χ1) is 11.5. The first-order valence-corrected chi connectivity index (χ1v) is 7.74. The van der Waals surface area contributed by atoms with E-state index in [4.69, 9.17) is 22.8 Å². The lowest BCUT2D eigenvalue weighted by atomic mass is 10.00. The molecule has 1 aromatic carbocycles. The van der Waals surface area contributed by atoms with Crippen LogP contribution in [0.25, 0.3) is 16.8 Å². The Kier molecular flexibility index (Phi) is 4.28. The van der Waals surface area contributed by atoms with E-state index in [9.17, 15) is 4.79 Å². The van der Waals surface area contributed by atoms with Crippen LogP contribution in [0.2, 0.25) is 5.02 Å². The van der Waals surface area contributed by atoms with Crippen LogP contribution in [0.5, 0.6) is 6.01 Å². The number of aromatic nitrogens is 4. The number of benzene rings is 1. The normalized spacial score (nSPS) is 11.0. The molecule has 0 fully saturated rings. The molecule has 0 spiro atoms. The largest absolute Gasteiger partial charge is 0.451 e. The molecule has 7 heteroatoms. The smallest absolute Gasteiger partial charge is 0.352 e. The lowest BCUT2D eigenvalue weighted by Crippen LogP contribution is -2.20. The minimum Gasteiger partial charge on any atom is -0.451 e. The van der Waals surface area contributed by atoms with Crippen LogP contribution in [0, 0.1) is 12.3 Å². The van der Waals surface area contributed by atoms with Crippen molar-refractivity contribution >= 4 is 17.2 Å². The van der Waals surface area contributed by atoms with Gasteiger partial charge in [-0.05, 0) is 23.6 Å². The van der Waals surface area contributed by atoms with Gasteiger partial charge in [0.1, 0.15) is 0 Å². The Labute approximate surface area is 143 Å². The standard InChI is InChI=1S/C17H15ClN4O2/c1-4-9-24-16-19-15-13(11-5-7-12(18)8-6-11)14(10(2)3)21-22(15)17(23)20-16/h1,5-8,10H,9H2,2-3H3,(H,19,20,23). The maximum Gasteiger partial charge on any atom is 0.352 e. The number of halogens is 1. The fourth-order valence-corrected chi connectivity index (χ4v) is 2.54. The number of hydrogen-bond acceptors (Lipinski definition) is 4. The van der Waals surface area contributed by atoms with Gasteiger partial charge in [-0.15, -0.1) is 6.42 Å². The van der Waals surface area contributed by atoms with Gasteiger partial charge in [0.2, 0.25) is 0 Å². The molecular weight excluding hydrogens is 328 g/mol. The predicted molar refractivity (Wildman–Crippen MR) is 92.5 cm³/mol. The number of aromatic amines is 1. The Hall–Kier alpha value is -2.78. The number of ether oxygens (including phenoxy) is 1. The monoisotopic (exact) mass is 342 g/mol. The van der Waals surface area contributed by atoms with E-state index in [0.717, 1.165) is 16.8 Å². The van der Waals surface area contributed by atoms with Crippen molar-refractivity contribution in [3.8, 4) is 29.5 Å². The second-order valence-corrected chi connectivity index (χ2v) is 5.93. The van der Waals surface area contributed by atoms with Crippen LogP contribution in [0.3, 0.4) is 0 Å². The summed E-state index contributed by atoms with van der Waals surface area (Å²) in [6, 6.07) is 7.38. The number of rotatable bonds is 4. The van der Waals surface area contributed by atoms with Gasteiger partial charge in [0.25, 0.3) is 0 Å². The second kappa shape index (κ2) is 6.38. The summed E-state index contributed by atoms with van der Waals surface area (Å²) in [5.41, 5.74) is 2.40. The van der Waals surface area contributed by atoms with E-state index in [1.807, 2.05) is 26.0 Å². The lowest BCUT2D eigenvalue weighted by molar-refractivity contribution is 0.337. The zero-order valence-corrected chi connectivity index (χ0v) is 14.0. The van der Waals surface area contributed by atoms with Crippen LogP contribution in [0.15, 0.2) is 29.1 Å². The van der Waals surface area contributed by atoms with Crippen molar-refractivity contribution in [3.63, 3.8) is 0 Å². The number of hydrogen-bond donors (Lipinski definition) is 1. The highest BCUT2D eigenvalue weighted by atomic mass is 35.5. The number of fused-ring (bicyclic) bond motifs is 1. The number of nitrogens with one attached hydrogen (secondary N) is 1. The molecule has 0 saturated heterocycles. The molecule has 1 N–H and O–H groups in total. The molecule has 122 valence electrons. The Morgan fingerprint density at radius 1 is 1.38 bits per heavy atom. The van der Waals surface area contributed by atoms with Gasteiger partial charge in [-0.3, -0.25) is 4.98 Å². The van der Waals surface area contributed by atoms with Gasteiger partial charge < -0.3 is 4.74 Å². The molecule has 24 heavy (non-hydrogen) atoms. The topological polar surface area (TPSA) is 72.3 Å². The van der Waals surface area contributed by atoms with Gasteiger partial charge in [0, 0.05) is 5.02 Å². The zero-order chi connectivity index (χ0) is 17.3. The minimum atomic E-state index is -0.436. The van der Waals surface area contributed by atoms with E-state index in [1.165, 1.54) is 4.52 Å². The quantitative estimate of drug-likeness (QED) is 0.740. The molecule has 0 aliphatic rings. The van der Waals surface area contributed by atoms with Crippen molar-refractivity contribution < 1.29 is 4.74 Å². The molecule has 0 unspecified atom stereocenters. The maximum atomic E-state index is 12.3. The van der Waals surface area contributed by atoms with Gasteiger partial charge >= 0.3 is 11.7 Å². The van der Waals surface area contributed by atoms with Crippen LogP contribution in [0.1, 0.15) is 25.5 Å². The average molecular weight is 343 g/mol. The fourth-order valence-electron chi connectivity index (χ4n) is 2.42. The summed E-state index contributed by atoms with van der Waals surface area (Å²) in [4.78, 5) is 19.2. The molecule has 0 aliphatic heterocycles. The number of nitrogens with zero attached hydrogens (tertiary/aromatic N) is 3. The van der Waals surface area contributed by atoms with Crippen molar-refractivity contribution in [1.82, 2.24) is 19.6 Å². The van der Waals surface area contributed by atoms with Gasteiger partial charge in [-0.25, -0.2) is 4.79 Å². The molecule has 3 aromatic rings. The molecular formula is C17H15ClN4O2. The summed E-state index contributed by atoms with van der Waals surface area (Å²) in [7, 11) is 0. The van der Waals surface area contributed by atoms with Crippen LogP contribution in [0.4, 0.5) is 0 Å². The highest BCUT2D eigenvalue weighted by Gasteiger charge is 2.20. The summed E-state index contributed by atoms with van der Waals surface area (Å²) in [6.07, 6.45) is 5.18.